The molecule has 144 valence electrons. The van der Waals surface area contributed by atoms with Crippen molar-refractivity contribution < 1.29 is 9.59 Å². The van der Waals surface area contributed by atoms with E-state index in [4.69, 9.17) is 11.6 Å². The van der Waals surface area contributed by atoms with Crippen molar-refractivity contribution in [1.82, 2.24) is 9.55 Å². The van der Waals surface area contributed by atoms with E-state index in [9.17, 15) is 14.4 Å². The van der Waals surface area contributed by atoms with Gasteiger partial charge in [-0.2, -0.15) is 0 Å². The molecule has 0 aliphatic heterocycles. The molecule has 28 heavy (non-hydrogen) atoms. The van der Waals surface area contributed by atoms with Crippen LogP contribution in [0.2, 0.25) is 5.02 Å². The normalized spacial score (nSPS) is 11.9. The van der Waals surface area contributed by atoms with Crippen LogP contribution in [0.15, 0.2) is 53.3 Å². The summed E-state index contributed by atoms with van der Waals surface area (Å²) < 4.78 is 1.34. The van der Waals surface area contributed by atoms with E-state index in [-0.39, 0.29) is 11.7 Å². The minimum absolute atomic E-state index is 0.0383. The number of para-hydroxylation sites is 3. The highest BCUT2D eigenvalue weighted by atomic mass is 35.5. The summed E-state index contributed by atoms with van der Waals surface area (Å²) in [7, 11) is 1.47. The molecule has 0 aliphatic carbocycles. The molecule has 0 radical (unpaired) electrons. The van der Waals surface area contributed by atoms with Gasteiger partial charge >= 0.3 is 0 Å². The second-order valence-corrected chi connectivity index (χ2v) is 6.73. The Bertz CT molecular complexity index is 1130. The molecular weight excluding hydrogens is 380 g/mol. The number of nitrogens with zero attached hydrogens (tertiary/aromatic N) is 3. The first kappa shape index (κ1) is 19.6. The van der Waals surface area contributed by atoms with Gasteiger partial charge in [0.1, 0.15) is 6.04 Å². The number of carbonyl (C=O) groups is 2. The summed E-state index contributed by atoms with van der Waals surface area (Å²) in [6.45, 7) is 2.95. The Morgan fingerprint density at radius 1 is 1.14 bits per heavy atom. The van der Waals surface area contributed by atoms with Gasteiger partial charge in [0.15, 0.2) is 0 Å². The summed E-state index contributed by atoms with van der Waals surface area (Å²) in [5.74, 6) is -0.786. The average Bonchev–Trinajstić information content (AvgIpc) is 2.68. The summed E-state index contributed by atoms with van der Waals surface area (Å²) >= 11 is 6.11. The van der Waals surface area contributed by atoms with Gasteiger partial charge < -0.3 is 5.32 Å². The molecule has 2 amide bonds. The maximum Gasteiger partial charge on any atom is 0.295 e. The largest absolute Gasteiger partial charge is 0.323 e. The Balaban J connectivity index is 2.11. The Kier molecular flexibility index (Phi) is 5.46. The zero-order chi connectivity index (χ0) is 20.4. The van der Waals surface area contributed by atoms with Crippen LogP contribution in [0.5, 0.6) is 0 Å². The quantitative estimate of drug-likeness (QED) is 0.731. The number of anilines is 2. The van der Waals surface area contributed by atoms with Gasteiger partial charge in [0, 0.05) is 14.0 Å². The number of hydrogen-bond donors (Lipinski definition) is 1. The molecule has 0 spiro atoms. The molecule has 0 bridgehead atoms. The van der Waals surface area contributed by atoms with E-state index < -0.39 is 17.5 Å². The lowest BCUT2D eigenvalue weighted by atomic mass is 10.2. The Morgan fingerprint density at radius 2 is 1.79 bits per heavy atom. The molecule has 2 aromatic carbocycles. The maximum atomic E-state index is 13.1. The van der Waals surface area contributed by atoms with E-state index in [1.807, 2.05) is 0 Å². The van der Waals surface area contributed by atoms with Crippen molar-refractivity contribution in [3.8, 4) is 0 Å². The Morgan fingerprint density at radius 3 is 2.46 bits per heavy atom. The van der Waals surface area contributed by atoms with Crippen LogP contribution in [-0.2, 0) is 9.59 Å². The average molecular weight is 399 g/mol. The van der Waals surface area contributed by atoms with Crippen molar-refractivity contribution in [2.75, 3.05) is 17.3 Å². The molecule has 7 nitrogen and oxygen atoms in total. The van der Waals surface area contributed by atoms with Crippen molar-refractivity contribution in [3.63, 3.8) is 0 Å². The highest BCUT2D eigenvalue weighted by molar-refractivity contribution is 6.33. The standard InChI is InChI=1S/C20H19ClN4O3/c1-12(19(27)23-15-9-5-4-8-14(15)21)25-17-11-7-6-10-16(17)22-18(20(25)28)24(3)13(2)26/h4-12H,1-3H3,(H,23,27)/t12-/m0/s1. The van der Waals surface area contributed by atoms with Gasteiger partial charge in [0.25, 0.3) is 5.56 Å². The Labute approximate surface area is 166 Å². The predicted octanol–water partition coefficient (Wildman–Crippen LogP) is 3.23. The van der Waals surface area contributed by atoms with Crippen LogP contribution in [-0.4, -0.2) is 28.4 Å². The van der Waals surface area contributed by atoms with E-state index in [1.54, 1.807) is 55.5 Å². The number of rotatable bonds is 4. The number of benzene rings is 2. The lowest BCUT2D eigenvalue weighted by molar-refractivity contribution is -0.118. The van der Waals surface area contributed by atoms with Crippen LogP contribution in [0.4, 0.5) is 11.5 Å². The first-order valence-corrected chi connectivity index (χ1v) is 9.00. The highest BCUT2D eigenvalue weighted by Gasteiger charge is 2.24. The van der Waals surface area contributed by atoms with Gasteiger partial charge in [0.2, 0.25) is 17.6 Å². The molecule has 0 saturated carbocycles. The Hall–Kier alpha value is -3.19. The van der Waals surface area contributed by atoms with Crippen molar-refractivity contribution in [2.45, 2.75) is 19.9 Å². The third-order valence-electron chi connectivity index (χ3n) is 4.47. The van der Waals surface area contributed by atoms with Gasteiger partial charge in [-0.3, -0.25) is 23.9 Å². The minimum atomic E-state index is -0.865. The molecule has 3 aromatic rings. The summed E-state index contributed by atoms with van der Waals surface area (Å²) in [6, 6.07) is 12.9. The van der Waals surface area contributed by atoms with Crippen LogP contribution >= 0.6 is 11.6 Å². The first-order valence-electron chi connectivity index (χ1n) is 8.62. The van der Waals surface area contributed by atoms with Crippen LogP contribution in [0.1, 0.15) is 19.9 Å². The van der Waals surface area contributed by atoms with E-state index in [2.05, 4.69) is 10.3 Å². The lowest BCUT2D eigenvalue weighted by Crippen LogP contribution is -2.37. The van der Waals surface area contributed by atoms with E-state index in [1.165, 1.54) is 23.4 Å². The second-order valence-electron chi connectivity index (χ2n) is 6.32. The zero-order valence-corrected chi connectivity index (χ0v) is 16.4. The first-order chi connectivity index (χ1) is 13.3. The molecule has 0 fully saturated rings. The van der Waals surface area contributed by atoms with Crippen molar-refractivity contribution in [2.24, 2.45) is 0 Å². The minimum Gasteiger partial charge on any atom is -0.323 e. The number of halogens is 1. The number of fused-ring (bicyclic) bond motifs is 1. The second kappa shape index (κ2) is 7.82. The van der Waals surface area contributed by atoms with Gasteiger partial charge in [-0.25, -0.2) is 4.98 Å². The van der Waals surface area contributed by atoms with E-state index in [0.29, 0.717) is 21.7 Å². The molecule has 1 N–H and O–H groups in total. The number of amides is 2. The summed E-state index contributed by atoms with van der Waals surface area (Å²) in [5.41, 5.74) is 0.921. The predicted molar refractivity (Wildman–Crippen MR) is 110 cm³/mol. The monoisotopic (exact) mass is 398 g/mol. The van der Waals surface area contributed by atoms with Crippen LogP contribution in [0.25, 0.3) is 11.0 Å². The van der Waals surface area contributed by atoms with Gasteiger partial charge in [-0.15, -0.1) is 0 Å². The zero-order valence-electron chi connectivity index (χ0n) is 15.6. The lowest BCUT2D eigenvalue weighted by Gasteiger charge is -2.21. The SMILES string of the molecule is CC(=O)N(C)c1nc2ccccc2n([C@@H](C)C(=O)Nc2ccccc2Cl)c1=O. The van der Waals surface area contributed by atoms with Crippen molar-refractivity contribution in [3.05, 3.63) is 63.9 Å². The number of hydrogen-bond acceptors (Lipinski definition) is 4. The van der Waals surface area contributed by atoms with E-state index >= 15 is 0 Å². The smallest absolute Gasteiger partial charge is 0.295 e. The highest BCUT2D eigenvalue weighted by Crippen LogP contribution is 2.23. The number of carbonyl (C=O) groups excluding carboxylic acids is 2. The molecule has 3 rings (SSSR count). The fraction of sp³-hybridized carbons (Fsp3) is 0.200. The number of aromatic nitrogens is 2. The van der Waals surface area contributed by atoms with Gasteiger partial charge in [-0.05, 0) is 31.2 Å². The topological polar surface area (TPSA) is 84.3 Å². The van der Waals surface area contributed by atoms with Crippen molar-refractivity contribution in [1.29, 1.82) is 0 Å². The third-order valence-corrected chi connectivity index (χ3v) is 4.80. The summed E-state index contributed by atoms with van der Waals surface area (Å²) in [5, 5.41) is 3.14. The summed E-state index contributed by atoms with van der Waals surface area (Å²) in [6.07, 6.45) is 0. The van der Waals surface area contributed by atoms with Crippen molar-refractivity contribution >= 4 is 46.0 Å². The molecule has 1 heterocycles. The van der Waals surface area contributed by atoms with Crippen LogP contribution in [0.3, 0.4) is 0 Å². The van der Waals surface area contributed by atoms with Crippen LogP contribution < -0.4 is 15.8 Å². The van der Waals surface area contributed by atoms with Gasteiger partial charge in [-0.1, -0.05) is 35.9 Å². The molecule has 1 atom stereocenters. The third kappa shape index (κ3) is 3.61. The molecule has 0 saturated heterocycles. The maximum absolute atomic E-state index is 13.1. The fourth-order valence-electron chi connectivity index (χ4n) is 2.81. The number of nitrogens with one attached hydrogen (secondary N) is 1. The fourth-order valence-corrected chi connectivity index (χ4v) is 2.99. The molecule has 1 aromatic heterocycles. The molecule has 0 aliphatic rings. The molecule has 8 heteroatoms. The molecule has 0 unspecified atom stereocenters. The molecular formula is C20H19ClN4O3. The van der Waals surface area contributed by atoms with Crippen LogP contribution in [0, 0.1) is 0 Å². The summed E-state index contributed by atoms with van der Waals surface area (Å²) in [4.78, 5) is 43.2. The van der Waals surface area contributed by atoms with E-state index in [0.717, 1.165) is 0 Å². The van der Waals surface area contributed by atoms with Gasteiger partial charge in [0.05, 0.1) is 21.7 Å².